The second kappa shape index (κ2) is 4.45. The van der Waals surface area contributed by atoms with Crippen LogP contribution >= 0.6 is 12.6 Å². The topological polar surface area (TPSA) is 0 Å². The van der Waals surface area contributed by atoms with Crippen LogP contribution in [0, 0.1) is 6.92 Å². The quantitative estimate of drug-likeness (QED) is 0.656. The van der Waals surface area contributed by atoms with E-state index in [1.54, 1.807) is 0 Å². The van der Waals surface area contributed by atoms with Gasteiger partial charge in [-0.2, -0.15) is 12.6 Å². The molecule has 60 valence electrons. The highest BCUT2D eigenvalue weighted by molar-refractivity contribution is 7.80. The summed E-state index contributed by atoms with van der Waals surface area (Å²) in [4.78, 5) is 0. The number of benzene rings is 1. The molecule has 0 saturated carbocycles. The van der Waals surface area contributed by atoms with Gasteiger partial charge < -0.3 is 0 Å². The van der Waals surface area contributed by atoms with Gasteiger partial charge in [-0.1, -0.05) is 29.8 Å². The molecular weight excluding hydrogens is 152 g/mol. The largest absolute Gasteiger partial charge is 0.179 e. The summed E-state index contributed by atoms with van der Waals surface area (Å²) < 4.78 is 0. The van der Waals surface area contributed by atoms with Gasteiger partial charge in [0.2, 0.25) is 0 Å². The standard InChI is InChI=1S/C10H14S/c1-9-4-6-10(7-5-9)3-2-8-11/h4-7,11H,2-3,8H2,1H3. The van der Waals surface area contributed by atoms with E-state index in [9.17, 15) is 0 Å². The number of thiol groups is 1. The number of aryl methyl sites for hydroxylation is 2. The summed E-state index contributed by atoms with van der Waals surface area (Å²) in [5.74, 6) is 0.980. The average Bonchev–Trinajstić information content (AvgIpc) is 2.04. The Hall–Kier alpha value is -0.430. The van der Waals surface area contributed by atoms with Crippen molar-refractivity contribution >= 4 is 12.6 Å². The van der Waals surface area contributed by atoms with Crippen molar-refractivity contribution in [3.8, 4) is 0 Å². The maximum absolute atomic E-state index is 4.17. The van der Waals surface area contributed by atoms with E-state index in [0.717, 1.165) is 12.2 Å². The van der Waals surface area contributed by atoms with Gasteiger partial charge in [-0.3, -0.25) is 0 Å². The van der Waals surface area contributed by atoms with E-state index < -0.39 is 0 Å². The minimum Gasteiger partial charge on any atom is -0.179 e. The molecule has 0 atom stereocenters. The van der Waals surface area contributed by atoms with E-state index in [-0.39, 0.29) is 0 Å². The predicted molar refractivity (Wildman–Crippen MR) is 53.4 cm³/mol. The van der Waals surface area contributed by atoms with Gasteiger partial charge in [-0.05, 0) is 31.1 Å². The van der Waals surface area contributed by atoms with Crippen molar-refractivity contribution in [3.63, 3.8) is 0 Å². The van der Waals surface area contributed by atoms with E-state index in [2.05, 4.69) is 43.8 Å². The smallest absolute Gasteiger partial charge is 0.00947 e. The van der Waals surface area contributed by atoms with Gasteiger partial charge >= 0.3 is 0 Å². The highest BCUT2D eigenvalue weighted by atomic mass is 32.1. The van der Waals surface area contributed by atoms with Crippen LogP contribution in [0.25, 0.3) is 0 Å². The van der Waals surface area contributed by atoms with Gasteiger partial charge in [0, 0.05) is 0 Å². The molecule has 0 saturated heterocycles. The maximum Gasteiger partial charge on any atom is -0.00947 e. The van der Waals surface area contributed by atoms with Crippen molar-refractivity contribution < 1.29 is 0 Å². The fourth-order valence-corrected chi connectivity index (χ4v) is 1.20. The first kappa shape index (κ1) is 8.66. The van der Waals surface area contributed by atoms with Crippen LogP contribution in [0.2, 0.25) is 0 Å². The third kappa shape index (κ3) is 2.98. The van der Waals surface area contributed by atoms with E-state index in [0.29, 0.717) is 0 Å². The molecule has 0 unspecified atom stereocenters. The monoisotopic (exact) mass is 166 g/mol. The molecule has 0 amide bonds. The number of hydrogen-bond donors (Lipinski definition) is 1. The van der Waals surface area contributed by atoms with Gasteiger partial charge in [-0.15, -0.1) is 0 Å². The van der Waals surface area contributed by atoms with Gasteiger partial charge in [-0.25, -0.2) is 0 Å². The van der Waals surface area contributed by atoms with Gasteiger partial charge in [0.1, 0.15) is 0 Å². The molecule has 0 fully saturated rings. The highest BCUT2D eigenvalue weighted by Gasteiger charge is 1.90. The molecule has 0 bridgehead atoms. The number of rotatable bonds is 3. The third-order valence-electron chi connectivity index (χ3n) is 1.74. The second-order valence-electron chi connectivity index (χ2n) is 2.81. The summed E-state index contributed by atoms with van der Waals surface area (Å²) in [6.07, 6.45) is 2.33. The zero-order valence-electron chi connectivity index (χ0n) is 6.88. The maximum atomic E-state index is 4.17. The van der Waals surface area contributed by atoms with Crippen LogP contribution in [0.3, 0.4) is 0 Å². The fraction of sp³-hybridized carbons (Fsp3) is 0.400. The summed E-state index contributed by atoms with van der Waals surface area (Å²) in [7, 11) is 0. The van der Waals surface area contributed by atoms with Gasteiger partial charge in [0.15, 0.2) is 0 Å². The van der Waals surface area contributed by atoms with E-state index in [4.69, 9.17) is 0 Å². The lowest BCUT2D eigenvalue weighted by Gasteiger charge is -1.98. The Morgan fingerprint density at radius 1 is 1.18 bits per heavy atom. The molecule has 0 radical (unpaired) electrons. The molecule has 1 aromatic rings. The van der Waals surface area contributed by atoms with Crippen molar-refractivity contribution in [3.05, 3.63) is 35.4 Å². The van der Waals surface area contributed by atoms with Crippen molar-refractivity contribution in [1.29, 1.82) is 0 Å². The molecule has 1 rings (SSSR count). The summed E-state index contributed by atoms with van der Waals surface area (Å²) in [5, 5.41) is 0. The van der Waals surface area contributed by atoms with E-state index in [1.165, 1.54) is 17.5 Å². The molecule has 0 heterocycles. The van der Waals surface area contributed by atoms with Gasteiger partial charge in [0.05, 0.1) is 0 Å². The Bertz CT molecular complexity index is 201. The first-order chi connectivity index (χ1) is 5.33. The highest BCUT2D eigenvalue weighted by Crippen LogP contribution is 2.05. The van der Waals surface area contributed by atoms with Crippen LogP contribution in [0.4, 0.5) is 0 Å². The number of hydrogen-bond acceptors (Lipinski definition) is 1. The Labute approximate surface area is 74.0 Å². The Morgan fingerprint density at radius 3 is 2.36 bits per heavy atom. The van der Waals surface area contributed by atoms with E-state index in [1.807, 2.05) is 0 Å². The summed E-state index contributed by atoms with van der Waals surface area (Å²) in [5.41, 5.74) is 2.75. The molecule has 0 aliphatic rings. The van der Waals surface area contributed by atoms with Crippen LogP contribution in [-0.4, -0.2) is 5.75 Å². The average molecular weight is 166 g/mol. The molecule has 0 N–H and O–H groups in total. The fourth-order valence-electron chi connectivity index (χ4n) is 1.04. The summed E-state index contributed by atoms with van der Waals surface area (Å²) in [6, 6.07) is 8.71. The zero-order chi connectivity index (χ0) is 8.10. The van der Waals surface area contributed by atoms with Crippen LogP contribution in [0.15, 0.2) is 24.3 Å². The van der Waals surface area contributed by atoms with Crippen molar-refractivity contribution in [2.24, 2.45) is 0 Å². The van der Waals surface area contributed by atoms with Crippen molar-refractivity contribution in [2.45, 2.75) is 19.8 Å². The predicted octanol–water partition coefficient (Wildman–Crippen LogP) is 2.86. The van der Waals surface area contributed by atoms with Crippen LogP contribution in [-0.2, 0) is 6.42 Å². The molecular formula is C10H14S. The minimum atomic E-state index is 0.980. The molecule has 0 nitrogen and oxygen atoms in total. The van der Waals surface area contributed by atoms with Crippen LogP contribution in [0.5, 0.6) is 0 Å². The lowest BCUT2D eigenvalue weighted by atomic mass is 10.1. The van der Waals surface area contributed by atoms with E-state index >= 15 is 0 Å². The molecule has 0 aromatic heterocycles. The first-order valence-corrected chi connectivity index (χ1v) is 4.62. The van der Waals surface area contributed by atoms with Crippen molar-refractivity contribution in [2.75, 3.05) is 5.75 Å². The van der Waals surface area contributed by atoms with Crippen LogP contribution < -0.4 is 0 Å². The molecule has 0 aliphatic heterocycles. The lowest BCUT2D eigenvalue weighted by molar-refractivity contribution is 0.935. The zero-order valence-corrected chi connectivity index (χ0v) is 7.77. The van der Waals surface area contributed by atoms with Crippen LogP contribution in [0.1, 0.15) is 17.5 Å². The second-order valence-corrected chi connectivity index (χ2v) is 3.26. The minimum absolute atomic E-state index is 0.980. The first-order valence-electron chi connectivity index (χ1n) is 3.99. The third-order valence-corrected chi connectivity index (χ3v) is 2.06. The molecule has 0 spiro atoms. The van der Waals surface area contributed by atoms with Gasteiger partial charge in [0.25, 0.3) is 0 Å². The SMILES string of the molecule is Cc1ccc(CCCS)cc1. The Morgan fingerprint density at radius 2 is 1.82 bits per heavy atom. The summed E-state index contributed by atoms with van der Waals surface area (Å²) in [6.45, 7) is 2.11. The van der Waals surface area contributed by atoms with Crippen molar-refractivity contribution in [1.82, 2.24) is 0 Å². The normalized spacial score (nSPS) is 10.0. The summed E-state index contributed by atoms with van der Waals surface area (Å²) >= 11 is 4.17. The molecule has 11 heavy (non-hydrogen) atoms. The Balaban J connectivity index is 2.52. The molecule has 0 aliphatic carbocycles. The lowest BCUT2D eigenvalue weighted by Crippen LogP contribution is -1.85. The molecule has 1 aromatic carbocycles. The molecule has 1 heteroatoms. The Kier molecular flexibility index (Phi) is 3.50.